The van der Waals surface area contributed by atoms with Crippen molar-refractivity contribution in [2.24, 2.45) is 0 Å². The van der Waals surface area contributed by atoms with E-state index in [4.69, 9.17) is 9.47 Å². The average Bonchev–Trinajstić information content (AvgIpc) is 2.28. The third-order valence-electron chi connectivity index (χ3n) is 2.21. The van der Waals surface area contributed by atoms with Crippen LogP contribution >= 0.6 is 0 Å². The molecule has 0 saturated heterocycles. The lowest BCUT2D eigenvalue weighted by Crippen LogP contribution is -2.12. The van der Waals surface area contributed by atoms with Gasteiger partial charge in [0.15, 0.2) is 0 Å². The molecule has 0 atom stereocenters. The van der Waals surface area contributed by atoms with Gasteiger partial charge in [-0.05, 0) is 13.8 Å². The highest BCUT2D eigenvalue weighted by atomic mass is 19.3. The highest BCUT2D eigenvalue weighted by Crippen LogP contribution is 2.29. The number of methoxy groups -OCH3 is 1. The molecule has 0 saturated carbocycles. The lowest BCUT2D eigenvalue weighted by atomic mass is 10.1. The minimum atomic E-state index is -2.79. The molecular weight excluding hydrogens is 232 g/mol. The van der Waals surface area contributed by atoms with E-state index in [1.165, 1.54) is 14.0 Å². The van der Waals surface area contributed by atoms with E-state index in [0.717, 1.165) is 6.20 Å². The van der Waals surface area contributed by atoms with Crippen molar-refractivity contribution in [2.75, 3.05) is 13.7 Å². The Kier molecular flexibility index (Phi) is 4.37. The first-order valence-electron chi connectivity index (χ1n) is 5.01. The molecule has 0 aliphatic carbocycles. The molecule has 4 nitrogen and oxygen atoms in total. The minimum Gasteiger partial charge on any atom is -0.481 e. The molecule has 0 N–H and O–H groups in total. The van der Waals surface area contributed by atoms with Crippen molar-refractivity contribution < 1.29 is 23.0 Å². The van der Waals surface area contributed by atoms with E-state index in [1.807, 2.05) is 0 Å². The summed E-state index contributed by atoms with van der Waals surface area (Å²) >= 11 is 0. The molecule has 0 aliphatic heterocycles. The molecule has 0 fully saturated rings. The molecule has 0 radical (unpaired) electrons. The zero-order valence-corrected chi connectivity index (χ0v) is 9.79. The summed E-state index contributed by atoms with van der Waals surface area (Å²) in [5.41, 5.74) is -0.362. The predicted octanol–water partition coefficient (Wildman–Crippen LogP) is 2.51. The van der Waals surface area contributed by atoms with Crippen molar-refractivity contribution in [3.05, 3.63) is 22.9 Å². The van der Waals surface area contributed by atoms with E-state index >= 15 is 0 Å². The van der Waals surface area contributed by atoms with Crippen LogP contribution in [0.2, 0.25) is 0 Å². The van der Waals surface area contributed by atoms with Gasteiger partial charge >= 0.3 is 5.97 Å². The Bertz CT molecular complexity index is 421. The lowest BCUT2D eigenvalue weighted by molar-refractivity contribution is 0.0513. The summed E-state index contributed by atoms with van der Waals surface area (Å²) in [4.78, 5) is 15.3. The maximum absolute atomic E-state index is 12.8. The Morgan fingerprint density at radius 1 is 1.53 bits per heavy atom. The molecule has 1 rings (SSSR count). The second kappa shape index (κ2) is 5.56. The van der Waals surface area contributed by atoms with Crippen LogP contribution < -0.4 is 4.74 Å². The van der Waals surface area contributed by atoms with E-state index in [2.05, 4.69) is 4.98 Å². The summed E-state index contributed by atoms with van der Waals surface area (Å²) in [5.74, 6) is -0.654. The molecule has 1 heterocycles. The Morgan fingerprint density at radius 3 is 2.65 bits per heavy atom. The minimum absolute atomic E-state index is 0.117. The number of ether oxygens (including phenoxy) is 2. The number of aromatic nitrogens is 1. The van der Waals surface area contributed by atoms with Crippen LogP contribution in [0.25, 0.3) is 0 Å². The molecule has 1 aromatic heterocycles. The fourth-order valence-electron chi connectivity index (χ4n) is 1.46. The molecule has 0 spiro atoms. The maximum Gasteiger partial charge on any atom is 0.339 e. The van der Waals surface area contributed by atoms with Gasteiger partial charge < -0.3 is 9.47 Å². The number of esters is 1. The van der Waals surface area contributed by atoms with Crippen LogP contribution in [0, 0.1) is 6.92 Å². The van der Waals surface area contributed by atoms with Gasteiger partial charge in [-0.25, -0.2) is 18.6 Å². The Balaban J connectivity index is 3.34. The molecule has 94 valence electrons. The SMILES string of the molecule is CCOC(=O)c1c(C(F)F)cnc(OC)c1C. The van der Waals surface area contributed by atoms with Crippen LogP contribution in [-0.4, -0.2) is 24.7 Å². The molecular formula is C11H13F2NO3. The highest BCUT2D eigenvalue weighted by molar-refractivity contribution is 5.93. The number of halogens is 2. The van der Waals surface area contributed by atoms with Gasteiger partial charge in [-0.1, -0.05) is 0 Å². The second-order valence-electron chi connectivity index (χ2n) is 3.24. The van der Waals surface area contributed by atoms with Crippen LogP contribution in [0.1, 0.15) is 34.8 Å². The van der Waals surface area contributed by atoms with Crippen molar-refractivity contribution in [3.8, 4) is 5.88 Å². The number of carbonyl (C=O) groups excluding carboxylic acids is 1. The first-order valence-corrected chi connectivity index (χ1v) is 5.01. The van der Waals surface area contributed by atoms with Crippen molar-refractivity contribution in [1.82, 2.24) is 4.98 Å². The van der Waals surface area contributed by atoms with Gasteiger partial charge in [0.1, 0.15) is 0 Å². The molecule has 17 heavy (non-hydrogen) atoms. The molecule has 0 amide bonds. The number of hydrogen-bond acceptors (Lipinski definition) is 4. The van der Waals surface area contributed by atoms with Crippen LogP contribution in [0.4, 0.5) is 8.78 Å². The number of carbonyl (C=O) groups is 1. The van der Waals surface area contributed by atoms with Crippen LogP contribution in [-0.2, 0) is 4.74 Å². The van der Waals surface area contributed by atoms with Gasteiger partial charge in [-0.3, -0.25) is 0 Å². The zero-order chi connectivity index (χ0) is 13.0. The van der Waals surface area contributed by atoms with Gasteiger partial charge in [0.25, 0.3) is 6.43 Å². The molecule has 6 heteroatoms. The number of pyridine rings is 1. The monoisotopic (exact) mass is 245 g/mol. The normalized spacial score (nSPS) is 10.5. The van der Waals surface area contributed by atoms with Gasteiger partial charge in [0, 0.05) is 11.8 Å². The van der Waals surface area contributed by atoms with Crippen LogP contribution in [0.5, 0.6) is 5.88 Å². The summed E-state index contributed by atoms with van der Waals surface area (Å²) < 4.78 is 35.1. The highest BCUT2D eigenvalue weighted by Gasteiger charge is 2.24. The summed E-state index contributed by atoms with van der Waals surface area (Å²) in [7, 11) is 1.35. The van der Waals surface area contributed by atoms with E-state index in [1.54, 1.807) is 6.92 Å². The average molecular weight is 245 g/mol. The molecule has 1 aromatic rings. The van der Waals surface area contributed by atoms with Gasteiger partial charge in [-0.15, -0.1) is 0 Å². The van der Waals surface area contributed by atoms with Crippen molar-refractivity contribution in [3.63, 3.8) is 0 Å². The zero-order valence-electron chi connectivity index (χ0n) is 9.79. The number of rotatable bonds is 4. The van der Waals surface area contributed by atoms with E-state index < -0.39 is 18.0 Å². The van der Waals surface area contributed by atoms with Gasteiger partial charge in [0.2, 0.25) is 5.88 Å². The molecule has 0 aromatic carbocycles. The summed E-state index contributed by atoms with van der Waals surface area (Å²) in [5, 5.41) is 0. The lowest BCUT2D eigenvalue weighted by Gasteiger charge is -2.13. The van der Waals surface area contributed by atoms with Crippen molar-refractivity contribution >= 4 is 5.97 Å². The maximum atomic E-state index is 12.8. The van der Waals surface area contributed by atoms with Crippen molar-refractivity contribution in [2.45, 2.75) is 20.3 Å². The summed E-state index contributed by atoms with van der Waals surface area (Å²) in [6.45, 7) is 3.21. The molecule has 0 bridgehead atoms. The summed E-state index contributed by atoms with van der Waals surface area (Å²) in [6, 6.07) is 0. The second-order valence-corrected chi connectivity index (χ2v) is 3.24. The standard InChI is InChI=1S/C11H13F2NO3/c1-4-17-11(15)8-6(2)10(16-3)14-5-7(8)9(12)13/h5,9H,4H2,1-3H3. The third kappa shape index (κ3) is 2.69. The summed E-state index contributed by atoms with van der Waals surface area (Å²) in [6.07, 6.45) is -1.85. The number of alkyl halides is 2. The topological polar surface area (TPSA) is 48.4 Å². The van der Waals surface area contributed by atoms with Crippen molar-refractivity contribution in [1.29, 1.82) is 0 Å². The molecule has 0 aliphatic rings. The quantitative estimate of drug-likeness (QED) is 0.765. The van der Waals surface area contributed by atoms with Gasteiger partial charge in [-0.2, -0.15) is 0 Å². The first-order chi connectivity index (χ1) is 8.02. The first kappa shape index (κ1) is 13.3. The van der Waals surface area contributed by atoms with E-state index in [9.17, 15) is 13.6 Å². The fourth-order valence-corrected chi connectivity index (χ4v) is 1.46. The Hall–Kier alpha value is -1.72. The smallest absolute Gasteiger partial charge is 0.339 e. The third-order valence-corrected chi connectivity index (χ3v) is 2.21. The van der Waals surface area contributed by atoms with Gasteiger partial charge in [0.05, 0.1) is 24.8 Å². The Labute approximate surface area is 97.6 Å². The largest absolute Gasteiger partial charge is 0.481 e. The Morgan fingerprint density at radius 2 is 2.18 bits per heavy atom. The van der Waals surface area contributed by atoms with E-state index in [-0.39, 0.29) is 23.6 Å². The number of hydrogen-bond donors (Lipinski definition) is 0. The fraction of sp³-hybridized carbons (Fsp3) is 0.455. The number of nitrogens with zero attached hydrogens (tertiary/aromatic N) is 1. The molecule has 0 unspecified atom stereocenters. The van der Waals surface area contributed by atoms with E-state index in [0.29, 0.717) is 0 Å². The predicted molar refractivity (Wildman–Crippen MR) is 56.4 cm³/mol. The van der Waals surface area contributed by atoms with Crippen LogP contribution in [0.15, 0.2) is 6.20 Å². The van der Waals surface area contributed by atoms with Crippen LogP contribution in [0.3, 0.4) is 0 Å².